The third-order valence-corrected chi connectivity index (χ3v) is 3.11. The molecule has 2 rings (SSSR count). The van der Waals surface area contributed by atoms with E-state index in [2.05, 4.69) is 0 Å². The number of methoxy groups -OCH3 is 1. The van der Waals surface area contributed by atoms with Crippen molar-refractivity contribution < 1.29 is 9.53 Å². The summed E-state index contributed by atoms with van der Waals surface area (Å²) in [4.78, 5) is 13.9. The van der Waals surface area contributed by atoms with Crippen molar-refractivity contribution in [3.8, 4) is 5.75 Å². The van der Waals surface area contributed by atoms with E-state index in [4.69, 9.17) is 10.5 Å². The Kier molecular flexibility index (Phi) is 3.64. The van der Waals surface area contributed by atoms with Crippen LogP contribution >= 0.6 is 0 Å². The third kappa shape index (κ3) is 2.42. The first-order valence-corrected chi connectivity index (χ1v) is 5.94. The maximum atomic E-state index is 12.2. The lowest BCUT2D eigenvalue weighted by molar-refractivity contribution is -0.119. The minimum atomic E-state index is -0.387. The van der Waals surface area contributed by atoms with Gasteiger partial charge in [0.25, 0.3) is 0 Å². The van der Waals surface area contributed by atoms with Crippen molar-refractivity contribution in [2.24, 2.45) is 5.73 Å². The van der Waals surface area contributed by atoms with E-state index in [1.807, 2.05) is 24.3 Å². The highest BCUT2D eigenvalue weighted by Gasteiger charge is 2.26. The molecule has 1 fully saturated rings. The molecular weight excluding hydrogens is 216 g/mol. The molecule has 1 aromatic carbocycles. The van der Waals surface area contributed by atoms with Crippen molar-refractivity contribution in [2.75, 3.05) is 18.6 Å². The van der Waals surface area contributed by atoms with Crippen LogP contribution in [0.1, 0.15) is 19.3 Å². The molecule has 1 amide bonds. The zero-order valence-corrected chi connectivity index (χ0v) is 10.1. The van der Waals surface area contributed by atoms with Crippen molar-refractivity contribution in [1.82, 2.24) is 0 Å². The summed E-state index contributed by atoms with van der Waals surface area (Å²) in [7, 11) is 1.61. The summed E-state index contributed by atoms with van der Waals surface area (Å²) in [5.74, 6) is 0.710. The minimum absolute atomic E-state index is 0.00741. The van der Waals surface area contributed by atoms with Crippen LogP contribution in [-0.4, -0.2) is 25.6 Å². The highest BCUT2D eigenvalue weighted by Crippen LogP contribution is 2.29. The van der Waals surface area contributed by atoms with E-state index >= 15 is 0 Å². The van der Waals surface area contributed by atoms with Crippen LogP contribution < -0.4 is 15.4 Å². The average molecular weight is 234 g/mol. The molecular formula is C13H18N2O2. The molecule has 1 aliphatic heterocycles. The molecule has 1 aromatic rings. The van der Waals surface area contributed by atoms with Crippen molar-refractivity contribution in [3.63, 3.8) is 0 Å². The standard InChI is InChI=1S/C13H18N2O2/c1-17-12-8-3-2-7-11(12)15-9-5-4-6-10(14)13(15)16/h2-3,7-8,10H,4-6,9,14H2,1H3. The van der Waals surface area contributed by atoms with Crippen molar-refractivity contribution in [1.29, 1.82) is 0 Å². The highest BCUT2D eigenvalue weighted by molar-refractivity contribution is 5.98. The lowest BCUT2D eigenvalue weighted by Gasteiger charge is -2.24. The van der Waals surface area contributed by atoms with E-state index in [-0.39, 0.29) is 11.9 Å². The minimum Gasteiger partial charge on any atom is -0.495 e. The molecule has 4 nitrogen and oxygen atoms in total. The molecule has 4 heteroatoms. The Morgan fingerprint density at radius 1 is 1.35 bits per heavy atom. The summed E-state index contributed by atoms with van der Waals surface area (Å²) in [6, 6.07) is 7.17. The van der Waals surface area contributed by atoms with E-state index in [9.17, 15) is 4.79 Å². The summed E-state index contributed by atoms with van der Waals surface area (Å²) in [6.07, 6.45) is 2.75. The molecule has 0 saturated carbocycles. The van der Waals surface area contributed by atoms with Crippen LogP contribution in [0.15, 0.2) is 24.3 Å². The van der Waals surface area contributed by atoms with E-state index in [0.29, 0.717) is 6.54 Å². The van der Waals surface area contributed by atoms with Crippen LogP contribution in [0.2, 0.25) is 0 Å². The Hall–Kier alpha value is -1.55. The lowest BCUT2D eigenvalue weighted by Crippen LogP contribution is -2.42. The van der Waals surface area contributed by atoms with Crippen LogP contribution in [-0.2, 0) is 4.79 Å². The molecule has 17 heavy (non-hydrogen) atoms. The number of nitrogens with two attached hydrogens (primary N) is 1. The van der Waals surface area contributed by atoms with Crippen molar-refractivity contribution in [2.45, 2.75) is 25.3 Å². The van der Waals surface area contributed by atoms with Gasteiger partial charge < -0.3 is 15.4 Å². The van der Waals surface area contributed by atoms with E-state index < -0.39 is 0 Å². The van der Waals surface area contributed by atoms with Gasteiger partial charge in [-0.1, -0.05) is 12.1 Å². The number of rotatable bonds is 2. The van der Waals surface area contributed by atoms with Gasteiger partial charge in [-0.05, 0) is 31.4 Å². The Labute approximate surface area is 101 Å². The van der Waals surface area contributed by atoms with Gasteiger partial charge in [0.2, 0.25) is 5.91 Å². The van der Waals surface area contributed by atoms with Crippen LogP contribution in [0, 0.1) is 0 Å². The summed E-state index contributed by atoms with van der Waals surface area (Å²) in [5.41, 5.74) is 6.68. The molecule has 0 aromatic heterocycles. The van der Waals surface area contributed by atoms with Crippen LogP contribution in [0.5, 0.6) is 5.75 Å². The quantitative estimate of drug-likeness (QED) is 0.844. The normalized spacial score (nSPS) is 21.2. The molecule has 1 saturated heterocycles. The van der Waals surface area contributed by atoms with Gasteiger partial charge in [-0.3, -0.25) is 4.79 Å². The zero-order valence-electron chi connectivity index (χ0n) is 10.1. The van der Waals surface area contributed by atoms with E-state index in [1.165, 1.54) is 0 Å². The number of para-hydroxylation sites is 2. The van der Waals surface area contributed by atoms with Crippen LogP contribution in [0.25, 0.3) is 0 Å². The molecule has 0 spiro atoms. The fraction of sp³-hybridized carbons (Fsp3) is 0.462. The summed E-state index contributed by atoms with van der Waals surface area (Å²) >= 11 is 0. The van der Waals surface area contributed by atoms with Crippen molar-refractivity contribution >= 4 is 11.6 Å². The first-order valence-electron chi connectivity index (χ1n) is 5.94. The predicted molar refractivity (Wildman–Crippen MR) is 67.2 cm³/mol. The van der Waals surface area contributed by atoms with Gasteiger partial charge in [0.05, 0.1) is 18.8 Å². The average Bonchev–Trinajstić information content (AvgIpc) is 2.53. The van der Waals surface area contributed by atoms with Gasteiger partial charge >= 0.3 is 0 Å². The molecule has 92 valence electrons. The number of carbonyl (C=O) groups excluding carboxylic acids is 1. The van der Waals surface area contributed by atoms with E-state index in [1.54, 1.807) is 12.0 Å². The maximum absolute atomic E-state index is 12.2. The SMILES string of the molecule is COc1ccccc1N1CCCCC(N)C1=O. The molecule has 0 bridgehead atoms. The second-order valence-electron chi connectivity index (χ2n) is 4.26. The molecule has 1 atom stereocenters. The van der Waals surface area contributed by atoms with Crippen molar-refractivity contribution in [3.05, 3.63) is 24.3 Å². The summed E-state index contributed by atoms with van der Waals surface area (Å²) in [5, 5.41) is 0. The second kappa shape index (κ2) is 5.19. The number of benzene rings is 1. The lowest BCUT2D eigenvalue weighted by atomic mass is 10.1. The summed E-state index contributed by atoms with van der Waals surface area (Å²) in [6.45, 7) is 0.715. The molecule has 0 aliphatic carbocycles. The second-order valence-corrected chi connectivity index (χ2v) is 4.26. The predicted octanol–water partition coefficient (Wildman–Crippen LogP) is 1.54. The highest BCUT2D eigenvalue weighted by atomic mass is 16.5. The molecule has 0 radical (unpaired) electrons. The van der Waals surface area contributed by atoms with Gasteiger partial charge in [-0.2, -0.15) is 0 Å². The number of hydrogen-bond donors (Lipinski definition) is 1. The number of hydrogen-bond acceptors (Lipinski definition) is 3. The Balaban J connectivity index is 2.33. The van der Waals surface area contributed by atoms with Gasteiger partial charge in [0.15, 0.2) is 0 Å². The van der Waals surface area contributed by atoms with E-state index in [0.717, 1.165) is 30.7 Å². The molecule has 1 aliphatic rings. The number of carbonyl (C=O) groups is 1. The molecule has 2 N–H and O–H groups in total. The van der Waals surface area contributed by atoms with Gasteiger partial charge in [-0.25, -0.2) is 0 Å². The Morgan fingerprint density at radius 3 is 2.88 bits per heavy atom. The van der Waals surface area contributed by atoms with Gasteiger partial charge in [-0.15, -0.1) is 0 Å². The monoisotopic (exact) mass is 234 g/mol. The third-order valence-electron chi connectivity index (χ3n) is 3.11. The molecule has 1 heterocycles. The number of amides is 1. The van der Waals surface area contributed by atoms with Gasteiger partial charge in [0, 0.05) is 6.54 Å². The largest absolute Gasteiger partial charge is 0.495 e. The molecule has 1 unspecified atom stereocenters. The first kappa shape index (κ1) is 11.9. The number of ether oxygens (including phenoxy) is 1. The zero-order chi connectivity index (χ0) is 12.3. The first-order chi connectivity index (χ1) is 8.24. The fourth-order valence-electron chi connectivity index (χ4n) is 2.16. The number of anilines is 1. The Morgan fingerprint density at radius 2 is 2.12 bits per heavy atom. The van der Waals surface area contributed by atoms with Crippen LogP contribution in [0.4, 0.5) is 5.69 Å². The number of nitrogens with zero attached hydrogens (tertiary/aromatic N) is 1. The maximum Gasteiger partial charge on any atom is 0.244 e. The summed E-state index contributed by atoms with van der Waals surface area (Å²) < 4.78 is 5.29. The fourth-order valence-corrected chi connectivity index (χ4v) is 2.16. The Bertz CT molecular complexity index is 406. The topological polar surface area (TPSA) is 55.6 Å². The smallest absolute Gasteiger partial charge is 0.244 e. The van der Waals surface area contributed by atoms with Gasteiger partial charge in [0.1, 0.15) is 5.75 Å². The van der Waals surface area contributed by atoms with Crippen LogP contribution in [0.3, 0.4) is 0 Å².